The molecule has 0 saturated heterocycles. The van der Waals surface area contributed by atoms with Gasteiger partial charge in [-0.2, -0.15) is 0 Å². The minimum atomic E-state index is -0.185. The Balaban J connectivity index is 2.44. The third-order valence-corrected chi connectivity index (χ3v) is 2.91. The van der Waals surface area contributed by atoms with Crippen LogP contribution in [0.15, 0.2) is 18.2 Å². The summed E-state index contributed by atoms with van der Waals surface area (Å²) in [6.07, 6.45) is 0.746. The molecule has 0 aliphatic heterocycles. The number of rotatable bonds is 6. The largest absolute Gasteiger partial charge is 0.344 e. The van der Waals surface area contributed by atoms with Crippen molar-refractivity contribution in [2.45, 2.75) is 20.3 Å². The van der Waals surface area contributed by atoms with Gasteiger partial charge in [-0.1, -0.05) is 19.1 Å². The van der Waals surface area contributed by atoms with Crippen LogP contribution in [0.1, 0.15) is 18.1 Å². The first-order valence-electron chi connectivity index (χ1n) is 6.24. The second-order valence-electron chi connectivity index (χ2n) is 4.43. The molecule has 1 rings (SSSR count). The predicted molar refractivity (Wildman–Crippen MR) is 71.0 cm³/mol. The average Bonchev–Trinajstić information content (AvgIpc) is 2.36. The van der Waals surface area contributed by atoms with E-state index in [4.69, 9.17) is 0 Å². The van der Waals surface area contributed by atoms with Gasteiger partial charge in [-0.25, -0.2) is 4.39 Å². The fourth-order valence-corrected chi connectivity index (χ4v) is 1.65. The molecule has 100 valence electrons. The van der Waals surface area contributed by atoms with Crippen molar-refractivity contribution < 1.29 is 9.18 Å². The van der Waals surface area contributed by atoms with Crippen LogP contribution in [-0.2, 0) is 11.2 Å². The Kier molecular flexibility index (Phi) is 5.78. The van der Waals surface area contributed by atoms with Crippen molar-refractivity contribution in [3.8, 4) is 0 Å². The molecule has 0 bridgehead atoms. The summed E-state index contributed by atoms with van der Waals surface area (Å²) in [7, 11) is 1.79. The SMILES string of the molecule is CCNCC(=O)N(C)CCc1ccc(F)c(C)c1. The molecule has 0 aliphatic carbocycles. The standard InChI is InChI=1S/C14H21FN2O/c1-4-16-10-14(18)17(3)8-7-12-5-6-13(15)11(2)9-12/h5-6,9,16H,4,7-8,10H2,1-3H3. The number of hydrogen-bond acceptors (Lipinski definition) is 2. The summed E-state index contributed by atoms with van der Waals surface area (Å²) in [5, 5.41) is 3.00. The van der Waals surface area contributed by atoms with Crippen molar-refractivity contribution in [2.24, 2.45) is 0 Å². The fraction of sp³-hybridized carbons (Fsp3) is 0.500. The van der Waals surface area contributed by atoms with Gasteiger partial charge >= 0.3 is 0 Å². The van der Waals surface area contributed by atoms with Gasteiger partial charge in [0.15, 0.2) is 0 Å². The lowest BCUT2D eigenvalue weighted by atomic mass is 10.1. The van der Waals surface area contributed by atoms with Gasteiger partial charge < -0.3 is 10.2 Å². The topological polar surface area (TPSA) is 32.3 Å². The van der Waals surface area contributed by atoms with Gasteiger partial charge in [0, 0.05) is 13.6 Å². The maximum atomic E-state index is 13.1. The first kappa shape index (κ1) is 14.6. The van der Waals surface area contributed by atoms with E-state index in [1.54, 1.807) is 24.9 Å². The molecule has 4 heteroatoms. The lowest BCUT2D eigenvalue weighted by Crippen LogP contribution is -2.36. The summed E-state index contributed by atoms with van der Waals surface area (Å²) in [6, 6.07) is 5.08. The molecule has 0 radical (unpaired) electrons. The zero-order valence-electron chi connectivity index (χ0n) is 11.3. The lowest BCUT2D eigenvalue weighted by molar-refractivity contribution is -0.128. The highest BCUT2D eigenvalue weighted by molar-refractivity contribution is 5.77. The van der Waals surface area contributed by atoms with E-state index in [1.807, 2.05) is 13.0 Å². The highest BCUT2D eigenvalue weighted by atomic mass is 19.1. The van der Waals surface area contributed by atoms with Crippen molar-refractivity contribution in [1.29, 1.82) is 0 Å². The third-order valence-electron chi connectivity index (χ3n) is 2.91. The second-order valence-corrected chi connectivity index (χ2v) is 4.43. The average molecular weight is 252 g/mol. The summed E-state index contributed by atoms with van der Waals surface area (Å²) in [6.45, 7) is 5.52. The summed E-state index contributed by atoms with van der Waals surface area (Å²) < 4.78 is 13.1. The third kappa shape index (κ3) is 4.45. The molecule has 0 atom stereocenters. The van der Waals surface area contributed by atoms with Crippen molar-refractivity contribution >= 4 is 5.91 Å². The zero-order valence-corrected chi connectivity index (χ0v) is 11.3. The number of likely N-dealkylation sites (N-methyl/N-ethyl adjacent to an activating group) is 2. The Morgan fingerprint density at radius 1 is 1.44 bits per heavy atom. The van der Waals surface area contributed by atoms with Crippen LogP contribution in [0.2, 0.25) is 0 Å². The van der Waals surface area contributed by atoms with E-state index in [0.29, 0.717) is 18.7 Å². The van der Waals surface area contributed by atoms with Crippen molar-refractivity contribution in [1.82, 2.24) is 10.2 Å². The second kappa shape index (κ2) is 7.11. The van der Waals surface area contributed by atoms with E-state index in [9.17, 15) is 9.18 Å². The number of aryl methyl sites for hydroxylation is 1. The maximum absolute atomic E-state index is 13.1. The minimum absolute atomic E-state index is 0.0793. The van der Waals surface area contributed by atoms with Gasteiger partial charge in [-0.15, -0.1) is 0 Å². The van der Waals surface area contributed by atoms with Gasteiger partial charge in [0.05, 0.1) is 6.54 Å². The van der Waals surface area contributed by atoms with Crippen LogP contribution in [0.4, 0.5) is 4.39 Å². The Bertz CT molecular complexity index is 407. The molecule has 1 amide bonds. The number of halogens is 1. The van der Waals surface area contributed by atoms with Gasteiger partial charge in [0.25, 0.3) is 0 Å². The van der Waals surface area contributed by atoms with Crippen LogP contribution in [-0.4, -0.2) is 37.5 Å². The molecule has 0 spiro atoms. The van der Waals surface area contributed by atoms with Crippen LogP contribution in [0.3, 0.4) is 0 Å². The molecule has 0 heterocycles. The monoisotopic (exact) mass is 252 g/mol. The lowest BCUT2D eigenvalue weighted by Gasteiger charge is -2.17. The zero-order chi connectivity index (χ0) is 13.5. The Labute approximate surface area is 108 Å². The molecule has 1 aromatic rings. The van der Waals surface area contributed by atoms with Gasteiger partial charge in [-0.3, -0.25) is 4.79 Å². The van der Waals surface area contributed by atoms with E-state index in [2.05, 4.69) is 5.32 Å². The maximum Gasteiger partial charge on any atom is 0.236 e. The number of nitrogens with zero attached hydrogens (tertiary/aromatic N) is 1. The van der Waals surface area contributed by atoms with Crippen LogP contribution in [0.5, 0.6) is 0 Å². The smallest absolute Gasteiger partial charge is 0.236 e. The van der Waals surface area contributed by atoms with Crippen LogP contribution in [0, 0.1) is 12.7 Å². The summed E-state index contributed by atoms with van der Waals surface area (Å²) in [4.78, 5) is 13.3. The molecular weight excluding hydrogens is 231 g/mol. The molecule has 0 aromatic heterocycles. The minimum Gasteiger partial charge on any atom is -0.344 e. The molecule has 18 heavy (non-hydrogen) atoms. The first-order chi connectivity index (χ1) is 8.54. The Hall–Kier alpha value is -1.42. The van der Waals surface area contributed by atoms with Gasteiger partial charge in [-0.05, 0) is 37.1 Å². The summed E-state index contributed by atoms with van der Waals surface area (Å²) in [5.41, 5.74) is 1.70. The molecule has 3 nitrogen and oxygen atoms in total. The molecule has 0 saturated carbocycles. The summed E-state index contributed by atoms with van der Waals surface area (Å²) >= 11 is 0. The van der Waals surface area contributed by atoms with Gasteiger partial charge in [0.2, 0.25) is 5.91 Å². The van der Waals surface area contributed by atoms with Crippen molar-refractivity contribution in [3.05, 3.63) is 35.1 Å². The summed E-state index contributed by atoms with van der Waals surface area (Å²) in [5.74, 6) is -0.106. The fourth-order valence-electron chi connectivity index (χ4n) is 1.65. The van der Waals surface area contributed by atoms with Crippen LogP contribution in [0.25, 0.3) is 0 Å². The predicted octanol–water partition coefficient (Wildman–Crippen LogP) is 1.74. The molecule has 0 aliphatic rings. The quantitative estimate of drug-likeness (QED) is 0.836. The normalized spacial score (nSPS) is 10.4. The van der Waals surface area contributed by atoms with E-state index in [1.165, 1.54) is 6.07 Å². The van der Waals surface area contributed by atoms with Crippen molar-refractivity contribution in [2.75, 3.05) is 26.7 Å². The Morgan fingerprint density at radius 2 is 2.17 bits per heavy atom. The molecule has 1 aromatic carbocycles. The number of carbonyl (C=O) groups is 1. The number of amides is 1. The highest BCUT2D eigenvalue weighted by Crippen LogP contribution is 2.10. The van der Waals surface area contributed by atoms with Gasteiger partial charge in [0.1, 0.15) is 5.82 Å². The molecular formula is C14H21FN2O. The Morgan fingerprint density at radius 3 is 2.78 bits per heavy atom. The molecule has 0 fully saturated rings. The number of benzene rings is 1. The van der Waals surface area contributed by atoms with E-state index >= 15 is 0 Å². The van der Waals surface area contributed by atoms with E-state index in [0.717, 1.165) is 18.5 Å². The van der Waals surface area contributed by atoms with Crippen LogP contribution >= 0.6 is 0 Å². The number of nitrogens with one attached hydrogen (secondary N) is 1. The number of hydrogen-bond donors (Lipinski definition) is 1. The number of carbonyl (C=O) groups excluding carboxylic acids is 1. The van der Waals surface area contributed by atoms with Crippen molar-refractivity contribution in [3.63, 3.8) is 0 Å². The van der Waals surface area contributed by atoms with E-state index < -0.39 is 0 Å². The molecule has 1 N–H and O–H groups in total. The van der Waals surface area contributed by atoms with E-state index in [-0.39, 0.29) is 11.7 Å². The van der Waals surface area contributed by atoms with Crippen LogP contribution < -0.4 is 5.32 Å². The highest BCUT2D eigenvalue weighted by Gasteiger charge is 2.08. The molecule has 0 unspecified atom stereocenters. The first-order valence-corrected chi connectivity index (χ1v) is 6.24.